The van der Waals surface area contributed by atoms with Crippen LogP contribution >= 0.6 is 0 Å². The number of morpholine rings is 1. The zero-order chi connectivity index (χ0) is 30.8. The molecule has 232 valence electrons. The third-order valence-corrected chi connectivity index (χ3v) is 7.62. The highest BCUT2D eigenvalue weighted by Crippen LogP contribution is 2.16. The number of ether oxygens (including phenoxy) is 1. The van der Waals surface area contributed by atoms with Crippen LogP contribution in [0.25, 0.3) is 0 Å². The van der Waals surface area contributed by atoms with Gasteiger partial charge < -0.3 is 30.3 Å². The summed E-state index contributed by atoms with van der Waals surface area (Å²) in [5.41, 5.74) is 0.924. The highest BCUT2D eigenvalue weighted by molar-refractivity contribution is 5.95. The van der Waals surface area contributed by atoms with E-state index in [0.717, 1.165) is 18.4 Å². The maximum atomic E-state index is 13.6. The lowest BCUT2D eigenvalue weighted by molar-refractivity contribution is -0.144. The minimum Gasteiger partial charge on any atom is -0.481 e. The van der Waals surface area contributed by atoms with Crippen molar-refractivity contribution in [2.45, 2.75) is 70.1 Å². The number of Topliss-reactive ketones (excluding diaryl/α,β-unsaturated/α-hetero) is 1. The molecule has 2 aromatic rings. The molecule has 1 aromatic heterocycles. The molecule has 15 nitrogen and oxygen atoms in total. The molecule has 2 aliphatic rings. The standard InChI is InChI=1S/C28H38N8O7/c1-19(35-11-7-3-6-10-21(27(35)41)30-28(42)34-12-14-43-15-13-34)26(40)29-22(17-25(38)39)23(37)18-36-24(31-32-33-36)16-20-8-4-2-5-9-20/h2,4-5,8-9,19,21-22H,3,6-7,10-18H2,1H3,(H,29,40)(H,30,42)(H,38,39)/t19?,21-,22?/m0/s1. The van der Waals surface area contributed by atoms with Crippen LogP contribution in [0, 0.1) is 0 Å². The number of aromatic nitrogens is 4. The highest BCUT2D eigenvalue weighted by Gasteiger charge is 2.35. The average Bonchev–Trinajstić information content (AvgIpc) is 3.43. The van der Waals surface area contributed by atoms with Crippen LogP contribution in [-0.2, 0) is 36.9 Å². The number of nitrogens with zero attached hydrogens (tertiary/aromatic N) is 6. The Morgan fingerprint density at radius 2 is 1.81 bits per heavy atom. The molecular formula is C28H38N8O7. The first-order chi connectivity index (χ1) is 20.7. The number of urea groups is 1. The zero-order valence-corrected chi connectivity index (χ0v) is 24.2. The third kappa shape index (κ3) is 8.80. The lowest BCUT2D eigenvalue weighted by Crippen LogP contribution is -2.59. The zero-order valence-electron chi connectivity index (χ0n) is 24.2. The minimum atomic E-state index is -1.37. The summed E-state index contributed by atoms with van der Waals surface area (Å²) in [6, 6.07) is 5.82. The molecule has 3 atom stereocenters. The van der Waals surface area contributed by atoms with E-state index < -0.39 is 48.1 Å². The molecule has 3 heterocycles. The van der Waals surface area contributed by atoms with Crippen molar-refractivity contribution in [3.8, 4) is 0 Å². The van der Waals surface area contributed by atoms with Gasteiger partial charge in [0.1, 0.15) is 18.6 Å². The van der Waals surface area contributed by atoms with E-state index in [1.54, 1.807) is 4.90 Å². The van der Waals surface area contributed by atoms with Gasteiger partial charge in [0.25, 0.3) is 0 Å². The number of carboxylic acid groups (broad SMARTS) is 1. The van der Waals surface area contributed by atoms with Gasteiger partial charge >= 0.3 is 12.0 Å². The number of nitrogens with one attached hydrogen (secondary N) is 2. The largest absolute Gasteiger partial charge is 0.481 e. The molecule has 2 unspecified atom stereocenters. The van der Waals surface area contributed by atoms with Gasteiger partial charge in [0.15, 0.2) is 11.6 Å². The van der Waals surface area contributed by atoms with Crippen LogP contribution < -0.4 is 10.6 Å². The number of tetrazole rings is 1. The highest BCUT2D eigenvalue weighted by atomic mass is 16.5. The summed E-state index contributed by atoms with van der Waals surface area (Å²) < 4.78 is 6.57. The van der Waals surface area contributed by atoms with Crippen molar-refractivity contribution in [2.75, 3.05) is 32.8 Å². The molecule has 1 aromatic carbocycles. The SMILES string of the molecule is CC(C(=O)NC(CC(=O)O)C(=O)Cn1nnnc1Cc1ccccc1)N1CCCCC[C@H](NC(=O)N2CCOCC2)C1=O. The van der Waals surface area contributed by atoms with E-state index in [9.17, 15) is 29.1 Å². The fourth-order valence-corrected chi connectivity index (χ4v) is 5.13. The van der Waals surface area contributed by atoms with Crippen LogP contribution in [0.3, 0.4) is 0 Å². The summed E-state index contributed by atoms with van der Waals surface area (Å²) in [6.45, 7) is 3.15. The number of carbonyl (C=O) groups excluding carboxylic acids is 4. The Morgan fingerprint density at radius 3 is 2.53 bits per heavy atom. The van der Waals surface area contributed by atoms with E-state index in [-0.39, 0.29) is 19.1 Å². The molecule has 2 aliphatic heterocycles. The van der Waals surface area contributed by atoms with Gasteiger partial charge in [0.05, 0.1) is 25.7 Å². The van der Waals surface area contributed by atoms with Crippen LogP contribution in [0.5, 0.6) is 0 Å². The van der Waals surface area contributed by atoms with Gasteiger partial charge in [-0.3, -0.25) is 19.2 Å². The second kappa shape index (κ2) is 15.2. The Labute approximate surface area is 248 Å². The number of rotatable bonds is 11. The summed E-state index contributed by atoms with van der Waals surface area (Å²) in [7, 11) is 0. The van der Waals surface area contributed by atoms with Crippen molar-refractivity contribution in [3.05, 3.63) is 41.7 Å². The first-order valence-electron chi connectivity index (χ1n) is 14.5. The van der Waals surface area contributed by atoms with E-state index in [1.165, 1.54) is 16.5 Å². The van der Waals surface area contributed by atoms with Crippen molar-refractivity contribution in [1.82, 2.24) is 40.6 Å². The second-order valence-electron chi connectivity index (χ2n) is 10.7. The predicted molar refractivity (Wildman–Crippen MR) is 151 cm³/mol. The molecule has 0 spiro atoms. The van der Waals surface area contributed by atoms with Gasteiger partial charge in [-0.2, -0.15) is 0 Å². The summed E-state index contributed by atoms with van der Waals surface area (Å²) in [5.74, 6) is -2.54. The lowest BCUT2D eigenvalue weighted by Gasteiger charge is -2.35. The summed E-state index contributed by atoms with van der Waals surface area (Å²) in [6.07, 6.45) is 2.34. The predicted octanol–water partition coefficient (Wildman–Crippen LogP) is -0.00600. The Kier molecular flexibility index (Phi) is 11.1. The van der Waals surface area contributed by atoms with Gasteiger partial charge in [-0.15, -0.1) is 5.10 Å². The molecule has 3 N–H and O–H groups in total. The molecule has 0 saturated carbocycles. The van der Waals surface area contributed by atoms with Gasteiger partial charge in [-0.1, -0.05) is 43.2 Å². The molecule has 4 amide bonds. The van der Waals surface area contributed by atoms with E-state index in [4.69, 9.17) is 4.74 Å². The van der Waals surface area contributed by atoms with E-state index in [0.29, 0.717) is 51.4 Å². The number of hydrogen-bond acceptors (Lipinski definition) is 9. The fraction of sp³-hybridized carbons (Fsp3) is 0.571. The van der Waals surface area contributed by atoms with Gasteiger partial charge in [0.2, 0.25) is 11.8 Å². The molecular weight excluding hydrogens is 560 g/mol. The molecule has 2 saturated heterocycles. The van der Waals surface area contributed by atoms with Crippen LogP contribution in [0.2, 0.25) is 0 Å². The Morgan fingerprint density at radius 1 is 1.07 bits per heavy atom. The summed E-state index contributed by atoms with van der Waals surface area (Å²) in [5, 5.41) is 26.3. The van der Waals surface area contributed by atoms with Crippen LogP contribution in [0.4, 0.5) is 4.79 Å². The number of benzene rings is 1. The third-order valence-electron chi connectivity index (χ3n) is 7.62. The van der Waals surface area contributed by atoms with Crippen molar-refractivity contribution in [3.63, 3.8) is 0 Å². The maximum absolute atomic E-state index is 13.6. The van der Waals surface area contributed by atoms with E-state index in [1.807, 2.05) is 30.3 Å². The van der Waals surface area contributed by atoms with Gasteiger partial charge in [-0.25, -0.2) is 9.48 Å². The number of carbonyl (C=O) groups is 5. The Hall–Kier alpha value is -4.40. The quantitative estimate of drug-likeness (QED) is 0.317. The van der Waals surface area contributed by atoms with Crippen molar-refractivity contribution < 1.29 is 33.8 Å². The number of hydrogen-bond donors (Lipinski definition) is 3. The Balaban J connectivity index is 1.41. The van der Waals surface area contributed by atoms with Gasteiger partial charge in [-0.05, 0) is 35.8 Å². The molecule has 43 heavy (non-hydrogen) atoms. The van der Waals surface area contributed by atoms with E-state index in [2.05, 4.69) is 26.2 Å². The van der Waals surface area contributed by atoms with Crippen LogP contribution in [0.15, 0.2) is 30.3 Å². The minimum absolute atomic E-state index is 0.280. The number of amides is 4. The number of likely N-dealkylation sites (tertiary alicyclic amines) is 1. The fourth-order valence-electron chi connectivity index (χ4n) is 5.13. The maximum Gasteiger partial charge on any atom is 0.318 e. The van der Waals surface area contributed by atoms with Crippen LogP contribution in [-0.4, -0.2) is 116 Å². The summed E-state index contributed by atoms with van der Waals surface area (Å²) >= 11 is 0. The normalized spacial score (nSPS) is 19.1. The molecule has 15 heteroatoms. The van der Waals surface area contributed by atoms with Gasteiger partial charge in [0, 0.05) is 26.1 Å². The molecule has 2 fully saturated rings. The number of ketones is 1. The monoisotopic (exact) mass is 598 g/mol. The smallest absolute Gasteiger partial charge is 0.318 e. The average molecular weight is 599 g/mol. The molecule has 0 bridgehead atoms. The first kappa shape index (κ1) is 31.5. The molecule has 0 aliphatic carbocycles. The Bertz CT molecular complexity index is 1280. The topological polar surface area (TPSA) is 189 Å². The first-order valence-corrected chi connectivity index (χ1v) is 14.5. The number of aliphatic carboxylic acids is 1. The summed E-state index contributed by atoms with van der Waals surface area (Å²) in [4.78, 5) is 67.6. The van der Waals surface area contributed by atoms with E-state index >= 15 is 0 Å². The van der Waals surface area contributed by atoms with Crippen LogP contribution in [0.1, 0.15) is 50.4 Å². The van der Waals surface area contributed by atoms with Crippen molar-refractivity contribution in [1.29, 1.82) is 0 Å². The van der Waals surface area contributed by atoms with Crippen molar-refractivity contribution >= 4 is 29.6 Å². The molecule has 0 radical (unpaired) electrons. The second-order valence-corrected chi connectivity index (χ2v) is 10.7. The van der Waals surface area contributed by atoms with Crippen molar-refractivity contribution in [2.24, 2.45) is 0 Å². The number of carboxylic acids is 1. The molecule has 4 rings (SSSR count). The lowest BCUT2D eigenvalue weighted by atomic mass is 10.0.